The first-order chi connectivity index (χ1) is 11.3. The summed E-state index contributed by atoms with van der Waals surface area (Å²) in [6, 6.07) is 10.9. The molecule has 1 atom stereocenters. The second-order valence-electron chi connectivity index (χ2n) is 6.64. The van der Waals surface area contributed by atoms with Crippen molar-refractivity contribution in [1.29, 1.82) is 0 Å². The van der Waals surface area contributed by atoms with Crippen LogP contribution in [0.4, 0.5) is 0 Å². The molecule has 1 aromatic heterocycles. The molecule has 0 unspecified atom stereocenters. The van der Waals surface area contributed by atoms with Gasteiger partial charge in [-0.05, 0) is 74.0 Å². The second-order valence-corrected chi connectivity index (χ2v) is 6.64. The molecule has 0 spiro atoms. The average Bonchev–Trinajstić information content (AvgIpc) is 3.00. The van der Waals surface area contributed by atoms with E-state index < -0.39 is 0 Å². The number of benzene rings is 1. The zero-order valence-corrected chi connectivity index (χ0v) is 14.1. The molecule has 23 heavy (non-hydrogen) atoms. The Hall–Kier alpha value is -1.75. The van der Waals surface area contributed by atoms with Crippen molar-refractivity contribution in [3.63, 3.8) is 0 Å². The van der Waals surface area contributed by atoms with E-state index in [2.05, 4.69) is 50.8 Å². The number of aryl methyl sites for hydroxylation is 3. The van der Waals surface area contributed by atoms with Crippen molar-refractivity contribution < 1.29 is 0 Å². The van der Waals surface area contributed by atoms with Crippen LogP contribution in [0.3, 0.4) is 0 Å². The lowest BCUT2D eigenvalue weighted by atomic mass is 9.91. The zero-order valence-electron chi connectivity index (χ0n) is 14.1. The fourth-order valence-electron chi connectivity index (χ4n) is 3.51. The minimum atomic E-state index is 0.846. The number of piperidine rings is 1. The molecule has 124 valence electrons. The van der Waals surface area contributed by atoms with Crippen LogP contribution in [-0.2, 0) is 13.0 Å². The van der Waals surface area contributed by atoms with Gasteiger partial charge in [0.05, 0.1) is 0 Å². The van der Waals surface area contributed by atoms with Crippen LogP contribution >= 0.6 is 0 Å². The fraction of sp³-hybridized carbons (Fsp3) is 0.611. The Labute approximate surface area is 138 Å². The van der Waals surface area contributed by atoms with Crippen molar-refractivity contribution >= 4 is 0 Å². The van der Waals surface area contributed by atoms with Crippen LogP contribution < -0.4 is 0 Å². The van der Waals surface area contributed by atoms with E-state index in [0.29, 0.717) is 0 Å². The van der Waals surface area contributed by atoms with Gasteiger partial charge in [0.25, 0.3) is 0 Å². The van der Waals surface area contributed by atoms with Crippen LogP contribution in [0.25, 0.3) is 0 Å². The Bertz CT molecular complexity index is 580. The van der Waals surface area contributed by atoms with Gasteiger partial charge in [-0.2, -0.15) is 0 Å². The Morgan fingerprint density at radius 3 is 2.83 bits per heavy atom. The Morgan fingerprint density at radius 1 is 1.17 bits per heavy atom. The first-order valence-corrected chi connectivity index (χ1v) is 8.80. The molecular weight excluding hydrogens is 286 g/mol. The maximum absolute atomic E-state index is 4.01. The zero-order chi connectivity index (χ0) is 15.9. The molecule has 0 bridgehead atoms. The van der Waals surface area contributed by atoms with E-state index in [1.165, 1.54) is 44.3 Å². The van der Waals surface area contributed by atoms with Crippen molar-refractivity contribution in [1.82, 2.24) is 25.1 Å². The quantitative estimate of drug-likeness (QED) is 0.788. The maximum Gasteiger partial charge on any atom is 0.148 e. The topological polar surface area (TPSA) is 46.8 Å². The van der Waals surface area contributed by atoms with Crippen molar-refractivity contribution in [2.45, 2.75) is 45.6 Å². The monoisotopic (exact) mass is 313 g/mol. The van der Waals surface area contributed by atoms with Crippen molar-refractivity contribution in [3.05, 3.63) is 41.7 Å². The van der Waals surface area contributed by atoms with Gasteiger partial charge in [0, 0.05) is 13.1 Å². The lowest BCUT2D eigenvalue weighted by molar-refractivity contribution is 0.164. The van der Waals surface area contributed by atoms with Crippen molar-refractivity contribution in [2.75, 3.05) is 19.6 Å². The highest BCUT2D eigenvalue weighted by Gasteiger charge is 2.19. The van der Waals surface area contributed by atoms with Crippen molar-refractivity contribution in [2.24, 2.45) is 5.92 Å². The van der Waals surface area contributed by atoms with Gasteiger partial charge in [0.1, 0.15) is 5.82 Å². The molecule has 1 aliphatic heterocycles. The van der Waals surface area contributed by atoms with E-state index >= 15 is 0 Å². The summed E-state index contributed by atoms with van der Waals surface area (Å²) < 4.78 is 1.90. The first kappa shape index (κ1) is 16.1. The molecule has 3 rings (SSSR count). The summed E-state index contributed by atoms with van der Waals surface area (Å²) in [7, 11) is 0. The van der Waals surface area contributed by atoms with Crippen LogP contribution in [0.5, 0.6) is 0 Å². The third kappa shape index (κ3) is 4.86. The largest absolute Gasteiger partial charge is 0.303 e. The summed E-state index contributed by atoms with van der Waals surface area (Å²) in [5.41, 5.74) is 1.47. The molecule has 0 amide bonds. The van der Waals surface area contributed by atoms with E-state index in [1.54, 1.807) is 0 Å². The highest BCUT2D eigenvalue weighted by atomic mass is 15.5. The Kier molecular flexibility index (Phi) is 5.75. The SMILES string of the molecule is Cc1nnnn1CCCN1CCC[C@H](CCc2ccccc2)C1. The molecule has 0 N–H and O–H groups in total. The number of tetrazole rings is 1. The lowest BCUT2D eigenvalue weighted by Gasteiger charge is -2.32. The van der Waals surface area contributed by atoms with Crippen LogP contribution in [0.15, 0.2) is 30.3 Å². The third-order valence-corrected chi connectivity index (χ3v) is 4.84. The van der Waals surface area contributed by atoms with Gasteiger partial charge in [0.15, 0.2) is 0 Å². The van der Waals surface area contributed by atoms with E-state index in [1.807, 2.05) is 11.6 Å². The molecule has 2 heterocycles. The van der Waals surface area contributed by atoms with Gasteiger partial charge in [-0.1, -0.05) is 30.3 Å². The highest BCUT2D eigenvalue weighted by Crippen LogP contribution is 2.21. The minimum absolute atomic E-state index is 0.846. The van der Waals surface area contributed by atoms with E-state index in [-0.39, 0.29) is 0 Å². The molecule has 0 aliphatic carbocycles. The molecule has 1 aliphatic rings. The number of rotatable bonds is 7. The number of likely N-dealkylation sites (tertiary alicyclic amines) is 1. The van der Waals surface area contributed by atoms with Gasteiger partial charge >= 0.3 is 0 Å². The lowest BCUT2D eigenvalue weighted by Crippen LogP contribution is -2.36. The summed E-state index contributed by atoms with van der Waals surface area (Å²) >= 11 is 0. The Balaban J connectivity index is 1.38. The van der Waals surface area contributed by atoms with Crippen molar-refractivity contribution in [3.8, 4) is 0 Å². The van der Waals surface area contributed by atoms with E-state index in [9.17, 15) is 0 Å². The normalized spacial score (nSPS) is 19.1. The van der Waals surface area contributed by atoms with Gasteiger partial charge in [-0.15, -0.1) is 5.10 Å². The first-order valence-electron chi connectivity index (χ1n) is 8.80. The predicted molar refractivity (Wildman–Crippen MR) is 91.1 cm³/mol. The molecule has 0 saturated carbocycles. The standard InChI is InChI=1S/C18H27N5/c1-16-19-20-21-23(16)14-6-13-22-12-5-9-18(15-22)11-10-17-7-3-2-4-8-17/h2-4,7-8,18H,5-6,9-15H2,1H3/t18-/m1/s1. The van der Waals surface area contributed by atoms with Gasteiger partial charge in [-0.25, -0.2) is 4.68 Å². The molecule has 1 aromatic carbocycles. The van der Waals surface area contributed by atoms with E-state index in [0.717, 1.165) is 31.3 Å². The molecule has 0 radical (unpaired) electrons. The molecule has 1 fully saturated rings. The molecule has 1 saturated heterocycles. The van der Waals surface area contributed by atoms with E-state index in [4.69, 9.17) is 0 Å². The van der Waals surface area contributed by atoms with Crippen LogP contribution in [0.2, 0.25) is 0 Å². The number of nitrogens with zero attached hydrogens (tertiary/aromatic N) is 5. The summed E-state index contributed by atoms with van der Waals surface area (Å²) in [4.78, 5) is 2.62. The van der Waals surface area contributed by atoms with Gasteiger partial charge in [0.2, 0.25) is 0 Å². The summed E-state index contributed by atoms with van der Waals surface area (Å²) in [5.74, 6) is 1.75. The second kappa shape index (κ2) is 8.20. The van der Waals surface area contributed by atoms with Crippen LogP contribution in [-0.4, -0.2) is 44.7 Å². The molecule has 5 heteroatoms. The molecule has 2 aromatic rings. The third-order valence-electron chi connectivity index (χ3n) is 4.84. The summed E-state index contributed by atoms with van der Waals surface area (Å²) in [6.07, 6.45) is 6.37. The minimum Gasteiger partial charge on any atom is -0.303 e. The fourth-order valence-corrected chi connectivity index (χ4v) is 3.51. The average molecular weight is 313 g/mol. The molecule has 5 nitrogen and oxygen atoms in total. The van der Waals surface area contributed by atoms with Gasteiger partial charge < -0.3 is 4.90 Å². The Morgan fingerprint density at radius 2 is 2.04 bits per heavy atom. The molecular formula is C18H27N5. The number of aromatic nitrogens is 4. The summed E-state index contributed by atoms with van der Waals surface area (Å²) in [5, 5.41) is 11.7. The highest BCUT2D eigenvalue weighted by molar-refractivity contribution is 5.14. The van der Waals surface area contributed by atoms with Crippen LogP contribution in [0, 0.1) is 12.8 Å². The number of hydrogen-bond acceptors (Lipinski definition) is 4. The van der Waals surface area contributed by atoms with Gasteiger partial charge in [-0.3, -0.25) is 0 Å². The smallest absolute Gasteiger partial charge is 0.148 e. The maximum atomic E-state index is 4.01. The predicted octanol–water partition coefficient (Wildman–Crippen LogP) is 2.72. The number of hydrogen-bond donors (Lipinski definition) is 0. The summed E-state index contributed by atoms with van der Waals surface area (Å²) in [6.45, 7) is 6.53. The van der Waals surface area contributed by atoms with Crippen LogP contribution in [0.1, 0.15) is 37.1 Å².